The van der Waals surface area contributed by atoms with Gasteiger partial charge in [-0.1, -0.05) is 0 Å². The molecule has 4 aliphatic carbocycles. The van der Waals surface area contributed by atoms with Gasteiger partial charge in [0, 0.05) is 6.61 Å². The summed E-state index contributed by atoms with van der Waals surface area (Å²) < 4.78 is 10.7. The molecule has 3 nitrogen and oxygen atoms in total. The molecule has 3 heteroatoms. The van der Waals surface area contributed by atoms with Crippen molar-refractivity contribution in [3.8, 4) is 0 Å². The van der Waals surface area contributed by atoms with Crippen LogP contribution in [0.2, 0.25) is 0 Å². The molecule has 4 saturated carbocycles. The van der Waals surface area contributed by atoms with Crippen LogP contribution in [0.25, 0.3) is 0 Å². The minimum Gasteiger partial charge on any atom is -0.436 e. The maximum Gasteiger partial charge on any atom is 0.308 e. The van der Waals surface area contributed by atoms with Crippen molar-refractivity contribution in [3.63, 3.8) is 0 Å². The zero-order chi connectivity index (χ0) is 13.5. The summed E-state index contributed by atoms with van der Waals surface area (Å²) in [5.74, 6) is 2.62. The lowest BCUT2D eigenvalue weighted by atomic mass is 9.49. The molecule has 19 heavy (non-hydrogen) atoms. The van der Waals surface area contributed by atoms with Gasteiger partial charge in [-0.05, 0) is 75.5 Å². The Morgan fingerprint density at radius 3 is 2.16 bits per heavy atom. The van der Waals surface area contributed by atoms with Crippen molar-refractivity contribution in [2.45, 2.75) is 65.1 Å². The molecule has 0 aromatic carbocycles. The van der Waals surface area contributed by atoms with Crippen molar-refractivity contribution in [2.24, 2.45) is 23.2 Å². The first-order chi connectivity index (χ1) is 9.08. The van der Waals surface area contributed by atoms with E-state index in [-0.39, 0.29) is 11.4 Å². The molecule has 0 amide bonds. The van der Waals surface area contributed by atoms with Crippen LogP contribution >= 0.6 is 0 Å². The number of hydrogen-bond acceptors (Lipinski definition) is 3. The first kappa shape index (κ1) is 13.4. The van der Waals surface area contributed by atoms with E-state index in [2.05, 4.69) is 0 Å². The van der Waals surface area contributed by atoms with Gasteiger partial charge in [-0.2, -0.15) is 0 Å². The van der Waals surface area contributed by atoms with Crippen LogP contribution in [-0.2, 0) is 14.3 Å². The molecule has 0 saturated heterocycles. The Kier molecular flexibility index (Phi) is 3.59. The number of hydrogen-bond donors (Lipinski definition) is 0. The van der Waals surface area contributed by atoms with Crippen LogP contribution in [0.3, 0.4) is 0 Å². The fourth-order valence-corrected chi connectivity index (χ4v) is 5.31. The van der Waals surface area contributed by atoms with E-state index in [4.69, 9.17) is 9.47 Å². The molecule has 0 aromatic rings. The van der Waals surface area contributed by atoms with Crippen LogP contribution < -0.4 is 0 Å². The van der Waals surface area contributed by atoms with Crippen molar-refractivity contribution in [2.75, 3.05) is 6.61 Å². The summed E-state index contributed by atoms with van der Waals surface area (Å²) >= 11 is 0. The first-order valence-electron chi connectivity index (χ1n) is 7.89. The van der Waals surface area contributed by atoms with Crippen LogP contribution in [0.1, 0.15) is 58.8 Å². The van der Waals surface area contributed by atoms with E-state index in [1.54, 1.807) is 6.92 Å². The molecule has 4 aliphatic rings. The van der Waals surface area contributed by atoms with Crippen molar-refractivity contribution in [1.29, 1.82) is 0 Å². The average molecular weight is 266 g/mol. The third kappa shape index (κ3) is 2.81. The molecule has 0 aromatic heterocycles. The topological polar surface area (TPSA) is 35.5 Å². The Morgan fingerprint density at radius 1 is 1.16 bits per heavy atom. The van der Waals surface area contributed by atoms with Gasteiger partial charge in [0.1, 0.15) is 0 Å². The fraction of sp³-hybridized carbons (Fsp3) is 0.938. The highest BCUT2D eigenvalue weighted by atomic mass is 16.7. The predicted molar refractivity (Wildman–Crippen MR) is 72.4 cm³/mol. The SMILES string of the molecule is CCOC(C)OC(=O)CC12CC3CC(CC(C3)C1)C2. The van der Waals surface area contributed by atoms with Gasteiger partial charge in [0.2, 0.25) is 0 Å². The summed E-state index contributed by atoms with van der Waals surface area (Å²) in [7, 11) is 0. The van der Waals surface area contributed by atoms with E-state index in [1.165, 1.54) is 38.5 Å². The van der Waals surface area contributed by atoms with E-state index < -0.39 is 6.29 Å². The zero-order valence-electron chi connectivity index (χ0n) is 12.2. The van der Waals surface area contributed by atoms with Gasteiger partial charge in [0.15, 0.2) is 6.29 Å². The maximum atomic E-state index is 12.1. The number of carbonyl (C=O) groups excluding carboxylic acids is 1. The molecule has 4 rings (SSSR count). The summed E-state index contributed by atoms with van der Waals surface area (Å²) in [6.07, 6.45) is 8.27. The molecule has 0 spiro atoms. The minimum atomic E-state index is -0.397. The third-order valence-corrected chi connectivity index (χ3v) is 5.38. The number of esters is 1. The molecule has 108 valence electrons. The van der Waals surface area contributed by atoms with Crippen molar-refractivity contribution < 1.29 is 14.3 Å². The molecule has 4 bridgehead atoms. The quantitative estimate of drug-likeness (QED) is 0.564. The molecular weight excluding hydrogens is 240 g/mol. The standard InChI is InChI=1S/C16H26O3/c1-3-18-11(2)19-15(17)10-16-7-12-4-13(8-16)6-14(5-12)9-16/h11-14H,3-10H2,1-2H3. The van der Waals surface area contributed by atoms with Gasteiger partial charge >= 0.3 is 5.97 Å². The van der Waals surface area contributed by atoms with Gasteiger partial charge in [-0.15, -0.1) is 0 Å². The molecule has 0 N–H and O–H groups in total. The van der Waals surface area contributed by atoms with Gasteiger partial charge in [-0.3, -0.25) is 4.79 Å². The molecular formula is C16H26O3. The average Bonchev–Trinajstić information content (AvgIpc) is 2.25. The van der Waals surface area contributed by atoms with Crippen LogP contribution in [0.15, 0.2) is 0 Å². The van der Waals surface area contributed by atoms with Crippen molar-refractivity contribution in [1.82, 2.24) is 0 Å². The van der Waals surface area contributed by atoms with Gasteiger partial charge in [0.05, 0.1) is 6.42 Å². The van der Waals surface area contributed by atoms with Crippen LogP contribution in [0.5, 0.6) is 0 Å². The Morgan fingerprint density at radius 2 is 1.68 bits per heavy atom. The Bertz CT molecular complexity index is 315. The number of rotatable bonds is 5. The smallest absolute Gasteiger partial charge is 0.308 e. The molecule has 0 aliphatic heterocycles. The van der Waals surface area contributed by atoms with E-state index in [0.717, 1.165) is 17.8 Å². The number of carbonyl (C=O) groups is 1. The third-order valence-electron chi connectivity index (χ3n) is 5.38. The minimum absolute atomic E-state index is 0.0529. The normalized spacial score (nSPS) is 41.3. The molecule has 0 heterocycles. The highest BCUT2D eigenvalue weighted by Gasteiger charge is 2.51. The summed E-state index contributed by atoms with van der Waals surface area (Å²) in [4.78, 5) is 12.1. The van der Waals surface area contributed by atoms with E-state index in [1.807, 2.05) is 6.92 Å². The summed E-state index contributed by atoms with van der Waals surface area (Å²) in [5, 5.41) is 0. The first-order valence-corrected chi connectivity index (χ1v) is 7.89. The molecule has 4 fully saturated rings. The molecule has 1 atom stereocenters. The van der Waals surface area contributed by atoms with Crippen LogP contribution in [0.4, 0.5) is 0 Å². The largest absolute Gasteiger partial charge is 0.436 e. The van der Waals surface area contributed by atoms with Crippen molar-refractivity contribution >= 4 is 5.97 Å². The summed E-state index contributed by atoms with van der Waals surface area (Å²) in [6, 6.07) is 0. The van der Waals surface area contributed by atoms with E-state index in [9.17, 15) is 4.79 Å². The second-order valence-electron chi connectivity index (χ2n) is 7.11. The second kappa shape index (κ2) is 5.08. The lowest BCUT2D eigenvalue weighted by Crippen LogP contribution is -2.47. The Hall–Kier alpha value is -0.570. The molecule has 1 unspecified atom stereocenters. The van der Waals surface area contributed by atoms with Crippen LogP contribution in [0, 0.1) is 23.2 Å². The maximum absolute atomic E-state index is 12.1. The lowest BCUT2D eigenvalue weighted by Gasteiger charge is -2.56. The summed E-state index contributed by atoms with van der Waals surface area (Å²) in [5.41, 5.74) is 0.276. The van der Waals surface area contributed by atoms with Gasteiger partial charge < -0.3 is 9.47 Å². The zero-order valence-corrected chi connectivity index (χ0v) is 12.2. The van der Waals surface area contributed by atoms with E-state index >= 15 is 0 Å². The highest BCUT2D eigenvalue weighted by molar-refractivity contribution is 5.70. The van der Waals surface area contributed by atoms with Gasteiger partial charge in [0.25, 0.3) is 0 Å². The summed E-state index contributed by atoms with van der Waals surface area (Å²) in [6.45, 7) is 4.32. The Labute approximate surface area is 116 Å². The fourth-order valence-electron chi connectivity index (χ4n) is 5.31. The van der Waals surface area contributed by atoms with Crippen LogP contribution in [-0.4, -0.2) is 18.9 Å². The van der Waals surface area contributed by atoms with E-state index in [0.29, 0.717) is 13.0 Å². The molecule has 0 radical (unpaired) electrons. The Balaban J connectivity index is 1.58. The van der Waals surface area contributed by atoms with Crippen molar-refractivity contribution in [3.05, 3.63) is 0 Å². The highest BCUT2D eigenvalue weighted by Crippen LogP contribution is 2.61. The second-order valence-corrected chi connectivity index (χ2v) is 7.11. The predicted octanol–water partition coefficient (Wildman–Crippen LogP) is 3.52. The monoisotopic (exact) mass is 266 g/mol. The lowest BCUT2D eigenvalue weighted by molar-refractivity contribution is -0.180. The van der Waals surface area contributed by atoms with Gasteiger partial charge in [-0.25, -0.2) is 0 Å². The number of ether oxygens (including phenoxy) is 2.